The second-order valence-electron chi connectivity index (χ2n) is 6.79. The van der Waals surface area contributed by atoms with Gasteiger partial charge in [0, 0.05) is 18.3 Å². The third-order valence-corrected chi connectivity index (χ3v) is 5.77. The third kappa shape index (κ3) is 5.05. The van der Waals surface area contributed by atoms with Crippen LogP contribution in [0.2, 0.25) is 0 Å². The Morgan fingerprint density at radius 3 is 2.29 bits per heavy atom. The van der Waals surface area contributed by atoms with Crippen LogP contribution in [-0.2, 0) is 6.54 Å². The van der Waals surface area contributed by atoms with Crippen LogP contribution in [0, 0.1) is 0 Å². The Morgan fingerprint density at radius 1 is 0.871 bits per heavy atom. The summed E-state index contributed by atoms with van der Waals surface area (Å²) in [5, 5.41) is 10.2. The highest BCUT2D eigenvalue weighted by atomic mass is 32.1. The molecule has 1 aromatic heterocycles. The number of nitrogens with zero attached hydrogens (tertiary/aromatic N) is 1. The maximum absolute atomic E-state index is 11.4. The van der Waals surface area contributed by atoms with Crippen LogP contribution >= 0.6 is 11.3 Å². The van der Waals surface area contributed by atoms with Gasteiger partial charge in [-0.05, 0) is 54.1 Å². The molecule has 0 radical (unpaired) electrons. The summed E-state index contributed by atoms with van der Waals surface area (Å²) in [6.07, 6.45) is 0. The van der Waals surface area contributed by atoms with E-state index in [-0.39, 0.29) is 0 Å². The molecule has 0 spiro atoms. The van der Waals surface area contributed by atoms with Gasteiger partial charge >= 0.3 is 5.97 Å². The van der Waals surface area contributed by atoms with Crippen molar-refractivity contribution in [3.05, 3.63) is 101 Å². The standard InChI is InChI=1S/C25H21NO4S/c1-29-20-10-12-21(13-11-20)30-22-9-5-8-19(16-22)26(17-18-6-3-2-4-7-18)24-15-14-23(31-24)25(27)28/h2-16H,17H2,1H3,(H,27,28). The van der Waals surface area contributed by atoms with Crippen molar-refractivity contribution in [3.8, 4) is 17.2 Å². The van der Waals surface area contributed by atoms with Crippen LogP contribution in [0.25, 0.3) is 0 Å². The molecule has 0 bridgehead atoms. The van der Waals surface area contributed by atoms with E-state index < -0.39 is 5.97 Å². The maximum Gasteiger partial charge on any atom is 0.345 e. The molecule has 4 rings (SSSR count). The molecule has 4 aromatic rings. The molecule has 1 N–H and O–H groups in total. The van der Waals surface area contributed by atoms with E-state index in [1.54, 1.807) is 13.2 Å². The van der Waals surface area contributed by atoms with E-state index in [1.807, 2.05) is 72.8 Å². The zero-order chi connectivity index (χ0) is 21.6. The number of aromatic carboxylic acids is 1. The number of carboxylic acids is 1. The quantitative estimate of drug-likeness (QED) is 0.341. The van der Waals surface area contributed by atoms with E-state index in [9.17, 15) is 9.90 Å². The van der Waals surface area contributed by atoms with Gasteiger partial charge in [-0.25, -0.2) is 4.79 Å². The van der Waals surface area contributed by atoms with Gasteiger partial charge in [0.25, 0.3) is 0 Å². The summed E-state index contributed by atoms with van der Waals surface area (Å²) in [5.74, 6) is 1.24. The molecular formula is C25H21NO4S. The van der Waals surface area contributed by atoms with Crippen molar-refractivity contribution in [2.75, 3.05) is 12.0 Å². The van der Waals surface area contributed by atoms with Crippen molar-refractivity contribution in [1.82, 2.24) is 0 Å². The predicted molar refractivity (Wildman–Crippen MR) is 123 cm³/mol. The second kappa shape index (κ2) is 9.36. The first-order valence-corrected chi connectivity index (χ1v) is 10.5. The minimum Gasteiger partial charge on any atom is -0.497 e. The van der Waals surface area contributed by atoms with Crippen LogP contribution < -0.4 is 14.4 Å². The van der Waals surface area contributed by atoms with Crippen LogP contribution in [0.3, 0.4) is 0 Å². The van der Waals surface area contributed by atoms with Gasteiger partial charge in [-0.2, -0.15) is 0 Å². The van der Waals surface area contributed by atoms with Gasteiger partial charge in [0.1, 0.15) is 22.1 Å². The van der Waals surface area contributed by atoms with Gasteiger partial charge in [0.15, 0.2) is 0 Å². The van der Waals surface area contributed by atoms with E-state index in [4.69, 9.17) is 9.47 Å². The van der Waals surface area contributed by atoms with Crippen molar-refractivity contribution in [1.29, 1.82) is 0 Å². The Hall–Kier alpha value is -3.77. The van der Waals surface area contributed by atoms with E-state index in [1.165, 1.54) is 11.3 Å². The number of hydrogen-bond donors (Lipinski definition) is 1. The number of hydrogen-bond acceptors (Lipinski definition) is 5. The average Bonchev–Trinajstić information content (AvgIpc) is 3.29. The van der Waals surface area contributed by atoms with Gasteiger partial charge in [0.2, 0.25) is 0 Å². The molecule has 1 heterocycles. The molecule has 0 saturated heterocycles. The highest BCUT2D eigenvalue weighted by Crippen LogP contribution is 2.36. The highest BCUT2D eigenvalue weighted by Gasteiger charge is 2.16. The summed E-state index contributed by atoms with van der Waals surface area (Å²) in [5.41, 5.74) is 2.03. The number of thiophene rings is 1. The highest BCUT2D eigenvalue weighted by molar-refractivity contribution is 7.17. The number of ether oxygens (including phenoxy) is 2. The Bertz CT molecular complexity index is 1160. The van der Waals surface area contributed by atoms with Crippen molar-refractivity contribution in [2.45, 2.75) is 6.54 Å². The van der Waals surface area contributed by atoms with Crippen LogP contribution in [-0.4, -0.2) is 18.2 Å². The Labute approximate surface area is 184 Å². The Morgan fingerprint density at radius 2 is 1.61 bits per heavy atom. The number of carbonyl (C=O) groups is 1. The number of methoxy groups -OCH3 is 1. The average molecular weight is 432 g/mol. The summed E-state index contributed by atoms with van der Waals surface area (Å²) in [7, 11) is 1.63. The lowest BCUT2D eigenvalue weighted by atomic mass is 10.2. The molecule has 0 aliphatic heterocycles. The molecular weight excluding hydrogens is 410 g/mol. The van der Waals surface area contributed by atoms with Crippen molar-refractivity contribution in [3.63, 3.8) is 0 Å². The molecule has 6 heteroatoms. The van der Waals surface area contributed by atoms with Gasteiger partial charge in [-0.1, -0.05) is 36.4 Å². The third-order valence-electron chi connectivity index (χ3n) is 4.68. The lowest BCUT2D eigenvalue weighted by Gasteiger charge is -2.24. The largest absolute Gasteiger partial charge is 0.497 e. The smallest absolute Gasteiger partial charge is 0.345 e. The molecule has 0 atom stereocenters. The molecule has 0 aliphatic rings. The van der Waals surface area contributed by atoms with Crippen molar-refractivity contribution >= 4 is 28.0 Å². The van der Waals surface area contributed by atoms with E-state index in [0.29, 0.717) is 22.9 Å². The number of rotatable bonds is 8. The first-order chi connectivity index (χ1) is 15.1. The summed E-state index contributed by atoms with van der Waals surface area (Å²) in [6, 6.07) is 28.7. The van der Waals surface area contributed by atoms with Crippen LogP contribution in [0.15, 0.2) is 91.0 Å². The lowest BCUT2D eigenvalue weighted by Crippen LogP contribution is -2.15. The van der Waals surface area contributed by atoms with E-state index in [0.717, 1.165) is 22.0 Å². The zero-order valence-corrected chi connectivity index (χ0v) is 17.7. The molecule has 0 fully saturated rings. The molecule has 0 aliphatic carbocycles. The lowest BCUT2D eigenvalue weighted by molar-refractivity contribution is 0.0702. The van der Waals surface area contributed by atoms with Crippen molar-refractivity contribution in [2.24, 2.45) is 0 Å². The molecule has 3 aromatic carbocycles. The fourth-order valence-electron chi connectivity index (χ4n) is 3.14. The molecule has 31 heavy (non-hydrogen) atoms. The fourth-order valence-corrected chi connectivity index (χ4v) is 4.01. The minimum atomic E-state index is -0.924. The second-order valence-corrected chi connectivity index (χ2v) is 7.85. The SMILES string of the molecule is COc1ccc(Oc2cccc(N(Cc3ccccc3)c3ccc(C(=O)O)s3)c2)cc1. The maximum atomic E-state index is 11.4. The predicted octanol–water partition coefficient (Wildman–Crippen LogP) is 6.59. The Balaban J connectivity index is 1.65. The summed E-state index contributed by atoms with van der Waals surface area (Å²) >= 11 is 1.25. The van der Waals surface area contributed by atoms with Gasteiger partial charge < -0.3 is 19.5 Å². The number of carboxylic acid groups (broad SMARTS) is 1. The Kier molecular flexibility index (Phi) is 6.19. The normalized spacial score (nSPS) is 10.5. The first-order valence-electron chi connectivity index (χ1n) is 9.69. The zero-order valence-electron chi connectivity index (χ0n) is 16.9. The van der Waals surface area contributed by atoms with Crippen LogP contribution in [0.4, 0.5) is 10.7 Å². The van der Waals surface area contributed by atoms with Gasteiger partial charge in [-0.3, -0.25) is 0 Å². The molecule has 0 unspecified atom stereocenters. The molecule has 5 nitrogen and oxygen atoms in total. The summed E-state index contributed by atoms with van der Waals surface area (Å²) in [4.78, 5) is 13.8. The van der Waals surface area contributed by atoms with Crippen molar-refractivity contribution < 1.29 is 19.4 Å². The fraction of sp³-hybridized carbons (Fsp3) is 0.0800. The van der Waals surface area contributed by atoms with Crippen LogP contribution in [0.5, 0.6) is 17.2 Å². The molecule has 156 valence electrons. The molecule has 0 saturated carbocycles. The van der Waals surface area contributed by atoms with E-state index in [2.05, 4.69) is 17.0 Å². The summed E-state index contributed by atoms with van der Waals surface area (Å²) in [6.45, 7) is 0.604. The monoisotopic (exact) mass is 431 g/mol. The molecule has 0 amide bonds. The van der Waals surface area contributed by atoms with E-state index >= 15 is 0 Å². The van der Waals surface area contributed by atoms with Crippen LogP contribution in [0.1, 0.15) is 15.2 Å². The first kappa shape index (κ1) is 20.5. The minimum absolute atomic E-state index is 0.304. The van der Waals surface area contributed by atoms with Gasteiger partial charge in [-0.15, -0.1) is 11.3 Å². The van der Waals surface area contributed by atoms with Gasteiger partial charge in [0.05, 0.1) is 12.1 Å². The summed E-state index contributed by atoms with van der Waals surface area (Å²) < 4.78 is 11.2. The number of benzene rings is 3. The number of anilines is 2. The topological polar surface area (TPSA) is 59.0 Å².